The van der Waals surface area contributed by atoms with Crippen LogP contribution < -0.4 is 10.1 Å². The van der Waals surface area contributed by atoms with Crippen LogP contribution in [0.2, 0.25) is 5.02 Å². The molecule has 1 fully saturated rings. The Morgan fingerprint density at radius 2 is 1.79 bits per heavy atom. The molecule has 4 rings (SSSR count). The van der Waals surface area contributed by atoms with Crippen LogP contribution in [-0.2, 0) is 16.1 Å². The summed E-state index contributed by atoms with van der Waals surface area (Å²) in [5.41, 5.74) is 2.44. The van der Waals surface area contributed by atoms with Gasteiger partial charge in [0.2, 0.25) is 0 Å². The summed E-state index contributed by atoms with van der Waals surface area (Å²) in [6, 6.07) is 18.9. The lowest BCUT2D eigenvalue weighted by Crippen LogP contribution is -2.42. The molecule has 9 heteroatoms. The van der Waals surface area contributed by atoms with E-state index < -0.39 is 11.9 Å². The molecule has 206 valence electrons. The molecule has 2 amide bonds. The van der Waals surface area contributed by atoms with Gasteiger partial charge in [0.1, 0.15) is 24.3 Å². The molecule has 0 unspecified atom stereocenters. The number of ether oxygens (including phenoxy) is 3. The van der Waals surface area contributed by atoms with E-state index in [1.165, 1.54) is 18.2 Å². The molecular weight excluding hydrogens is 523 g/mol. The molecular formula is C30H32ClFN2O5. The fourth-order valence-electron chi connectivity index (χ4n) is 4.16. The van der Waals surface area contributed by atoms with Crippen LogP contribution in [-0.4, -0.2) is 42.9 Å². The van der Waals surface area contributed by atoms with Crippen molar-refractivity contribution in [3.05, 3.63) is 83.1 Å². The molecule has 3 aromatic rings. The van der Waals surface area contributed by atoms with Gasteiger partial charge in [0.15, 0.2) is 0 Å². The van der Waals surface area contributed by atoms with Crippen LogP contribution in [0, 0.1) is 11.7 Å². The van der Waals surface area contributed by atoms with Crippen molar-refractivity contribution in [2.75, 3.05) is 25.0 Å². The van der Waals surface area contributed by atoms with Gasteiger partial charge in [-0.15, -0.1) is 0 Å². The van der Waals surface area contributed by atoms with E-state index in [4.69, 9.17) is 25.8 Å². The molecule has 0 atom stereocenters. The van der Waals surface area contributed by atoms with Crippen LogP contribution in [0.25, 0.3) is 11.1 Å². The SMILES string of the molecule is CC(C)COC(=O)N1CCC(OC(=O)Nc2ccc(F)cc2-c2ccc(OCc3ccccc3)c(Cl)c2)CC1. The molecule has 39 heavy (non-hydrogen) atoms. The number of nitrogens with zero attached hydrogens (tertiary/aromatic N) is 1. The van der Waals surface area contributed by atoms with Gasteiger partial charge in [-0.05, 0) is 47.4 Å². The van der Waals surface area contributed by atoms with E-state index in [2.05, 4.69) is 5.32 Å². The number of hydrogen-bond acceptors (Lipinski definition) is 5. The Labute approximate surface area is 232 Å². The van der Waals surface area contributed by atoms with Crippen LogP contribution in [0.4, 0.5) is 19.7 Å². The zero-order valence-electron chi connectivity index (χ0n) is 22.0. The Kier molecular flexibility index (Phi) is 9.65. The minimum atomic E-state index is -0.655. The van der Waals surface area contributed by atoms with E-state index in [-0.39, 0.29) is 18.1 Å². The maximum Gasteiger partial charge on any atom is 0.411 e. The number of amides is 2. The molecule has 0 aliphatic carbocycles. The van der Waals surface area contributed by atoms with Gasteiger partial charge in [-0.25, -0.2) is 14.0 Å². The summed E-state index contributed by atoms with van der Waals surface area (Å²) in [5, 5.41) is 3.08. The average molecular weight is 555 g/mol. The van der Waals surface area contributed by atoms with Crippen molar-refractivity contribution in [3.8, 4) is 16.9 Å². The zero-order valence-corrected chi connectivity index (χ0v) is 22.7. The highest BCUT2D eigenvalue weighted by Gasteiger charge is 2.26. The van der Waals surface area contributed by atoms with Gasteiger partial charge in [0.25, 0.3) is 0 Å². The van der Waals surface area contributed by atoms with Crippen molar-refractivity contribution < 1.29 is 28.2 Å². The fraction of sp³-hybridized carbons (Fsp3) is 0.333. The highest BCUT2D eigenvalue weighted by molar-refractivity contribution is 6.32. The summed E-state index contributed by atoms with van der Waals surface area (Å²) in [6.07, 6.45) is -0.352. The maximum atomic E-state index is 14.2. The largest absolute Gasteiger partial charge is 0.487 e. The first-order valence-corrected chi connectivity index (χ1v) is 13.3. The first kappa shape index (κ1) is 28.2. The number of nitrogens with one attached hydrogen (secondary N) is 1. The average Bonchev–Trinajstić information content (AvgIpc) is 2.93. The smallest absolute Gasteiger partial charge is 0.411 e. The first-order chi connectivity index (χ1) is 18.8. The van der Waals surface area contributed by atoms with Gasteiger partial charge in [0, 0.05) is 31.5 Å². The third-order valence-electron chi connectivity index (χ3n) is 6.21. The highest BCUT2D eigenvalue weighted by Crippen LogP contribution is 2.35. The van der Waals surface area contributed by atoms with Crippen molar-refractivity contribution >= 4 is 29.5 Å². The summed E-state index contributed by atoms with van der Waals surface area (Å²) < 4.78 is 30.9. The number of piperidine rings is 1. The van der Waals surface area contributed by atoms with E-state index in [0.717, 1.165) is 5.56 Å². The Bertz CT molecular complexity index is 1280. The standard InChI is InChI=1S/C30H32ClFN2O5/c1-20(2)18-38-30(36)34-14-12-24(13-15-34)39-29(35)33-27-10-9-23(32)17-25(27)22-8-11-28(26(31)16-22)37-19-21-6-4-3-5-7-21/h3-11,16-17,20,24H,12-15,18-19H2,1-2H3,(H,33,35). The first-order valence-electron chi connectivity index (χ1n) is 12.9. The van der Waals surface area contributed by atoms with Crippen molar-refractivity contribution in [3.63, 3.8) is 0 Å². The summed E-state index contributed by atoms with van der Waals surface area (Å²) in [6.45, 7) is 5.55. The van der Waals surface area contributed by atoms with E-state index in [9.17, 15) is 14.0 Å². The van der Waals surface area contributed by atoms with Gasteiger partial charge >= 0.3 is 12.2 Å². The number of benzene rings is 3. The monoisotopic (exact) mass is 554 g/mol. The van der Waals surface area contributed by atoms with Crippen molar-refractivity contribution in [2.45, 2.75) is 39.4 Å². The molecule has 0 radical (unpaired) electrons. The lowest BCUT2D eigenvalue weighted by molar-refractivity contribution is 0.0444. The van der Waals surface area contributed by atoms with Gasteiger partial charge in [-0.2, -0.15) is 0 Å². The minimum absolute atomic E-state index is 0.261. The minimum Gasteiger partial charge on any atom is -0.487 e. The van der Waals surface area contributed by atoms with E-state index >= 15 is 0 Å². The lowest BCUT2D eigenvalue weighted by atomic mass is 10.0. The molecule has 7 nitrogen and oxygen atoms in total. The summed E-state index contributed by atoms with van der Waals surface area (Å²) >= 11 is 6.47. The number of likely N-dealkylation sites (tertiary alicyclic amines) is 1. The number of halogens is 2. The van der Waals surface area contributed by atoms with Gasteiger partial charge in [0.05, 0.1) is 17.3 Å². The lowest BCUT2D eigenvalue weighted by Gasteiger charge is -2.31. The Morgan fingerprint density at radius 3 is 2.49 bits per heavy atom. The molecule has 1 saturated heterocycles. The molecule has 1 aliphatic rings. The second-order valence-corrected chi connectivity index (χ2v) is 10.2. The van der Waals surface area contributed by atoms with Crippen LogP contribution in [0.5, 0.6) is 5.75 Å². The number of hydrogen-bond donors (Lipinski definition) is 1. The van der Waals surface area contributed by atoms with Crippen LogP contribution in [0.1, 0.15) is 32.3 Å². The second kappa shape index (κ2) is 13.3. The van der Waals surface area contributed by atoms with E-state index in [1.54, 1.807) is 23.1 Å². The summed E-state index contributed by atoms with van der Waals surface area (Å²) in [7, 11) is 0. The Balaban J connectivity index is 1.36. The van der Waals surface area contributed by atoms with E-state index in [0.29, 0.717) is 66.7 Å². The third kappa shape index (κ3) is 8.10. The van der Waals surface area contributed by atoms with E-state index in [1.807, 2.05) is 44.2 Å². The fourth-order valence-corrected chi connectivity index (χ4v) is 4.40. The van der Waals surface area contributed by atoms with Gasteiger partial charge < -0.3 is 19.1 Å². The van der Waals surface area contributed by atoms with Crippen molar-refractivity contribution in [2.24, 2.45) is 5.92 Å². The summed E-state index contributed by atoms with van der Waals surface area (Å²) in [4.78, 5) is 26.5. The molecule has 0 spiro atoms. The van der Waals surface area contributed by atoms with Gasteiger partial charge in [-0.1, -0.05) is 61.8 Å². The van der Waals surface area contributed by atoms with Crippen molar-refractivity contribution in [1.29, 1.82) is 0 Å². The molecule has 1 aliphatic heterocycles. The Hall–Kier alpha value is -3.78. The number of rotatable bonds is 8. The molecule has 1 heterocycles. The second-order valence-electron chi connectivity index (χ2n) is 9.80. The predicted molar refractivity (Wildman–Crippen MR) is 149 cm³/mol. The molecule has 1 N–H and O–H groups in total. The highest BCUT2D eigenvalue weighted by atomic mass is 35.5. The van der Waals surface area contributed by atoms with Crippen LogP contribution in [0.15, 0.2) is 66.7 Å². The topological polar surface area (TPSA) is 77.1 Å². The van der Waals surface area contributed by atoms with Gasteiger partial charge in [-0.3, -0.25) is 5.32 Å². The number of carbonyl (C=O) groups is 2. The normalized spacial score (nSPS) is 13.7. The van der Waals surface area contributed by atoms with Crippen LogP contribution >= 0.6 is 11.6 Å². The van der Waals surface area contributed by atoms with Crippen LogP contribution in [0.3, 0.4) is 0 Å². The number of anilines is 1. The number of carbonyl (C=O) groups excluding carboxylic acids is 2. The maximum absolute atomic E-state index is 14.2. The third-order valence-corrected chi connectivity index (χ3v) is 6.51. The molecule has 0 saturated carbocycles. The molecule has 3 aromatic carbocycles. The summed E-state index contributed by atoms with van der Waals surface area (Å²) in [5.74, 6) is 0.298. The predicted octanol–water partition coefficient (Wildman–Crippen LogP) is 7.53. The Morgan fingerprint density at radius 1 is 1.05 bits per heavy atom. The molecule has 0 aromatic heterocycles. The molecule has 0 bridgehead atoms. The quantitative estimate of drug-likeness (QED) is 0.311. The zero-order chi connectivity index (χ0) is 27.8. The van der Waals surface area contributed by atoms with Crippen molar-refractivity contribution in [1.82, 2.24) is 4.90 Å².